The highest BCUT2D eigenvalue weighted by molar-refractivity contribution is 9.10. The minimum Gasteiger partial charge on any atom is -0.351 e. The standard InChI is InChI=1S/C11H13BrClNO4S2/c1-7-9(12)5-8(6-10(7)20(13,17)18)11(15)14-3-4-19(2)16/h5-6H,3-4H2,1-2H3,(H,14,15). The van der Waals surface area contributed by atoms with Crippen molar-refractivity contribution in [2.24, 2.45) is 0 Å². The van der Waals surface area contributed by atoms with E-state index in [0.717, 1.165) is 0 Å². The molecule has 0 bridgehead atoms. The fourth-order valence-corrected chi connectivity index (χ4v) is 3.65. The van der Waals surface area contributed by atoms with Gasteiger partial charge in [-0.05, 0) is 24.6 Å². The van der Waals surface area contributed by atoms with Gasteiger partial charge in [0.2, 0.25) is 0 Å². The zero-order valence-corrected chi connectivity index (χ0v) is 14.7. The van der Waals surface area contributed by atoms with Crippen LogP contribution in [0.5, 0.6) is 0 Å². The summed E-state index contributed by atoms with van der Waals surface area (Å²) >= 11 is 3.20. The van der Waals surface area contributed by atoms with E-state index in [4.69, 9.17) is 10.7 Å². The summed E-state index contributed by atoms with van der Waals surface area (Å²) in [6.07, 6.45) is 1.53. The summed E-state index contributed by atoms with van der Waals surface area (Å²) in [5.74, 6) is -0.114. The molecule has 0 saturated heterocycles. The van der Waals surface area contributed by atoms with Crippen molar-refractivity contribution in [1.29, 1.82) is 0 Å². The topological polar surface area (TPSA) is 80.3 Å². The van der Waals surface area contributed by atoms with Crippen LogP contribution in [0.25, 0.3) is 0 Å². The second kappa shape index (κ2) is 7.02. The van der Waals surface area contributed by atoms with Crippen molar-refractivity contribution in [2.75, 3.05) is 18.6 Å². The third-order valence-corrected chi connectivity index (χ3v) is 5.55. The summed E-state index contributed by atoms with van der Waals surface area (Å²) in [5, 5.41) is 2.56. The summed E-state index contributed by atoms with van der Waals surface area (Å²) in [6, 6.07) is 2.74. The van der Waals surface area contributed by atoms with Crippen LogP contribution in [-0.2, 0) is 19.9 Å². The Morgan fingerprint density at radius 1 is 1.45 bits per heavy atom. The van der Waals surface area contributed by atoms with Crippen LogP contribution in [0.3, 0.4) is 0 Å². The number of nitrogens with one attached hydrogen (secondary N) is 1. The highest BCUT2D eigenvalue weighted by atomic mass is 79.9. The maximum atomic E-state index is 11.9. The number of hydrogen-bond acceptors (Lipinski definition) is 4. The van der Waals surface area contributed by atoms with Gasteiger partial charge in [-0.1, -0.05) is 15.9 Å². The van der Waals surface area contributed by atoms with Gasteiger partial charge in [0.1, 0.15) is 0 Å². The molecule has 0 aromatic heterocycles. The van der Waals surface area contributed by atoms with Crippen molar-refractivity contribution >= 4 is 52.4 Å². The molecule has 0 aliphatic rings. The molecular formula is C11H13BrClNO4S2. The molecule has 1 rings (SSSR count). The van der Waals surface area contributed by atoms with Gasteiger partial charge in [0.15, 0.2) is 0 Å². The summed E-state index contributed by atoms with van der Waals surface area (Å²) in [7, 11) is 0.400. The Kier molecular flexibility index (Phi) is 6.18. The average molecular weight is 403 g/mol. The molecule has 20 heavy (non-hydrogen) atoms. The van der Waals surface area contributed by atoms with E-state index in [1.165, 1.54) is 18.4 Å². The van der Waals surface area contributed by atoms with E-state index in [-0.39, 0.29) is 17.0 Å². The van der Waals surface area contributed by atoms with Gasteiger partial charge in [-0.3, -0.25) is 9.00 Å². The molecule has 0 radical (unpaired) electrons. The first-order valence-electron chi connectivity index (χ1n) is 5.46. The summed E-state index contributed by atoms with van der Waals surface area (Å²) in [6.45, 7) is 1.83. The molecule has 1 amide bonds. The van der Waals surface area contributed by atoms with Crippen LogP contribution in [0.2, 0.25) is 0 Å². The van der Waals surface area contributed by atoms with E-state index >= 15 is 0 Å². The lowest BCUT2D eigenvalue weighted by atomic mass is 10.1. The number of halogens is 2. The molecule has 1 atom stereocenters. The summed E-state index contributed by atoms with van der Waals surface area (Å²) in [5.41, 5.74) is 0.606. The monoisotopic (exact) mass is 401 g/mol. The minimum atomic E-state index is -3.93. The maximum Gasteiger partial charge on any atom is 0.261 e. The Hall–Kier alpha value is -0.440. The van der Waals surface area contributed by atoms with Crippen LogP contribution in [0.1, 0.15) is 15.9 Å². The van der Waals surface area contributed by atoms with Crippen molar-refractivity contribution < 1.29 is 17.4 Å². The summed E-state index contributed by atoms with van der Waals surface area (Å²) < 4.78 is 34.3. The Morgan fingerprint density at radius 3 is 2.55 bits per heavy atom. The zero-order valence-electron chi connectivity index (χ0n) is 10.8. The number of benzene rings is 1. The highest BCUT2D eigenvalue weighted by Crippen LogP contribution is 2.28. The quantitative estimate of drug-likeness (QED) is 0.762. The first-order valence-corrected chi connectivity index (χ1v) is 10.3. The number of carbonyl (C=O) groups excluding carboxylic acids is 1. The van der Waals surface area contributed by atoms with Gasteiger partial charge >= 0.3 is 0 Å². The number of carbonyl (C=O) groups is 1. The summed E-state index contributed by atoms with van der Waals surface area (Å²) in [4.78, 5) is 11.8. The zero-order chi connectivity index (χ0) is 15.5. The van der Waals surface area contributed by atoms with Crippen LogP contribution in [0.4, 0.5) is 0 Å². The molecule has 5 nitrogen and oxygen atoms in total. The first kappa shape index (κ1) is 17.6. The van der Waals surface area contributed by atoms with Crippen molar-refractivity contribution in [1.82, 2.24) is 5.32 Å². The Labute approximate surface area is 133 Å². The van der Waals surface area contributed by atoms with Gasteiger partial charge in [0, 0.05) is 50.1 Å². The van der Waals surface area contributed by atoms with Gasteiger partial charge in [0.25, 0.3) is 15.0 Å². The molecule has 0 aliphatic heterocycles. The van der Waals surface area contributed by atoms with E-state index in [2.05, 4.69) is 21.2 Å². The van der Waals surface area contributed by atoms with E-state index in [1.807, 2.05) is 0 Å². The fraction of sp³-hybridized carbons (Fsp3) is 0.364. The fourth-order valence-electron chi connectivity index (χ4n) is 1.45. The van der Waals surface area contributed by atoms with Crippen molar-refractivity contribution in [3.05, 3.63) is 27.7 Å². The van der Waals surface area contributed by atoms with Crippen molar-refractivity contribution in [2.45, 2.75) is 11.8 Å². The average Bonchev–Trinajstić information content (AvgIpc) is 2.30. The number of amides is 1. The maximum absolute atomic E-state index is 11.9. The minimum absolute atomic E-state index is 0.113. The highest BCUT2D eigenvalue weighted by Gasteiger charge is 2.19. The predicted molar refractivity (Wildman–Crippen MR) is 83.2 cm³/mol. The van der Waals surface area contributed by atoms with E-state index < -0.39 is 25.8 Å². The second-order valence-electron chi connectivity index (χ2n) is 4.05. The van der Waals surface area contributed by atoms with E-state index in [9.17, 15) is 17.4 Å². The molecule has 0 spiro atoms. The third-order valence-electron chi connectivity index (χ3n) is 2.50. The van der Waals surface area contributed by atoms with Gasteiger partial charge in [-0.2, -0.15) is 0 Å². The molecule has 1 aromatic carbocycles. The Morgan fingerprint density at radius 2 is 2.05 bits per heavy atom. The normalized spacial score (nSPS) is 13.0. The van der Waals surface area contributed by atoms with Crippen LogP contribution < -0.4 is 5.32 Å². The van der Waals surface area contributed by atoms with E-state index in [0.29, 0.717) is 15.8 Å². The largest absolute Gasteiger partial charge is 0.351 e. The lowest BCUT2D eigenvalue weighted by Crippen LogP contribution is -2.27. The van der Waals surface area contributed by atoms with Crippen LogP contribution in [-0.4, -0.2) is 37.1 Å². The molecule has 1 unspecified atom stereocenters. The first-order chi connectivity index (χ1) is 9.12. The van der Waals surface area contributed by atoms with Gasteiger partial charge in [0.05, 0.1) is 4.90 Å². The number of hydrogen-bond donors (Lipinski definition) is 1. The lowest BCUT2D eigenvalue weighted by molar-refractivity contribution is 0.0956. The van der Waals surface area contributed by atoms with Gasteiger partial charge < -0.3 is 5.32 Å². The van der Waals surface area contributed by atoms with Crippen molar-refractivity contribution in [3.63, 3.8) is 0 Å². The van der Waals surface area contributed by atoms with Gasteiger partial charge in [-0.15, -0.1) is 0 Å². The second-order valence-corrected chi connectivity index (χ2v) is 9.00. The van der Waals surface area contributed by atoms with Crippen molar-refractivity contribution in [3.8, 4) is 0 Å². The molecule has 0 saturated carbocycles. The van der Waals surface area contributed by atoms with Crippen LogP contribution >= 0.6 is 26.6 Å². The smallest absolute Gasteiger partial charge is 0.261 e. The SMILES string of the molecule is Cc1c(Br)cc(C(=O)NCCS(C)=O)cc1S(=O)(=O)Cl. The van der Waals surface area contributed by atoms with E-state index in [1.54, 1.807) is 6.92 Å². The Bertz CT molecular complexity index is 661. The third kappa shape index (κ3) is 4.83. The number of rotatable bonds is 5. The molecule has 0 aliphatic carbocycles. The van der Waals surface area contributed by atoms with Crippen LogP contribution in [0.15, 0.2) is 21.5 Å². The van der Waals surface area contributed by atoms with Crippen LogP contribution in [0, 0.1) is 6.92 Å². The molecule has 112 valence electrons. The molecule has 0 fully saturated rings. The molecular weight excluding hydrogens is 390 g/mol. The lowest BCUT2D eigenvalue weighted by Gasteiger charge is -2.09. The Balaban J connectivity index is 3.05. The molecule has 1 N–H and O–H groups in total. The molecule has 1 aromatic rings. The molecule has 0 heterocycles. The molecule has 9 heteroatoms. The van der Waals surface area contributed by atoms with Gasteiger partial charge in [-0.25, -0.2) is 8.42 Å². The predicted octanol–water partition coefficient (Wildman–Crippen LogP) is 1.79.